The second kappa shape index (κ2) is 7.49. The Balaban J connectivity index is 1.90. The third-order valence-corrected chi connectivity index (χ3v) is 5.02. The smallest absolute Gasteiger partial charge is 0.308 e. The van der Waals surface area contributed by atoms with E-state index in [9.17, 15) is 9.59 Å². The summed E-state index contributed by atoms with van der Waals surface area (Å²) in [7, 11) is 0. The van der Waals surface area contributed by atoms with Crippen LogP contribution in [0.3, 0.4) is 0 Å². The summed E-state index contributed by atoms with van der Waals surface area (Å²) in [5, 5.41) is 12.3. The van der Waals surface area contributed by atoms with Crippen LogP contribution in [0.15, 0.2) is 48.5 Å². The van der Waals surface area contributed by atoms with Gasteiger partial charge in [0.2, 0.25) is 0 Å². The summed E-state index contributed by atoms with van der Waals surface area (Å²) in [4.78, 5) is 28.7. The summed E-state index contributed by atoms with van der Waals surface area (Å²) in [5.41, 5.74) is 4.11. The third kappa shape index (κ3) is 3.97. The molecule has 0 unspecified atom stereocenters. The number of aromatic nitrogens is 1. The predicted molar refractivity (Wildman–Crippen MR) is 103 cm³/mol. The summed E-state index contributed by atoms with van der Waals surface area (Å²) in [5.74, 6) is -1.19. The number of carboxylic acid groups (broad SMARTS) is 1. The number of thiazole rings is 1. The molecule has 1 heterocycles. The van der Waals surface area contributed by atoms with Crippen LogP contribution in [0.1, 0.15) is 26.4 Å². The van der Waals surface area contributed by atoms with Crippen LogP contribution in [0, 0.1) is 13.8 Å². The third-order valence-electron chi connectivity index (χ3n) is 4.05. The van der Waals surface area contributed by atoms with Gasteiger partial charge >= 0.3 is 5.97 Å². The average molecular weight is 366 g/mol. The lowest BCUT2D eigenvalue weighted by atomic mass is 10.1. The molecular formula is C20H18N2O3S. The summed E-state index contributed by atoms with van der Waals surface area (Å²) in [6.07, 6.45) is -0.137. The minimum atomic E-state index is -0.933. The fraction of sp³-hybridized carbons (Fsp3) is 0.150. The van der Waals surface area contributed by atoms with Crippen molar-refractivity contribution in [1.82, 2.24) is 4.98 Å². The quantitative estimate of drug-likeness (QED) is 0.705. The zero-order valence-electron chi connectivity index (χ0n) is 14.4. The van der Waals surface area contributed by atoms with E-state index in [0.717, 1.165) is 16.7 Å². The maximum absolute atomic E-state index is 12.5. The van der Waals surface area contributed by atoms with Crippen LogP contribution in [0.5, 0.6) is 0 Å². The largest absolute Gasteiger partial charge is 0.481 e. The lowest BCUT2D eigenvalue weighted by Crippen LogP contribution is -2.12. The predicted octanol–water partition coefficient (Wildman–Crippen LogP) is 4.31. The first-order valence-electron chi connectivity index (χ1n) is 8.09. The van der Waals surface area contributed by atoms with Gasteiger partial charge in [0.25, 0.3) is 5.91 Å². The second-order valence-electron chi connectivity index (χ2n) is 5.98. The summed E-state index contributed by atoms with van der Waals surface area (Å²) < 4.78 is 0. The molecule has 0 saturated heterocycles. The zero-order valence-corrected chi connectivity index (χ0v) is 15.3. The van der Waals surface area contributed by atoms with Crippen LogP contribution in [0.4, 0.5) is 5.13 Å². The van der Waals surface area contributed by atoms with E-state index in [1.165, 1.54) is 11.3 Å². The van der Waals surface area contributed by atoms with Gasteiger partial charge in [0.15, 0.2) is 5.13 Å². The molecule has 6 heteroatoms. The number of benzene rings is 2. The maximum atomic E-state index is 12.5. The number of anilines is 1. The Morgan fingerprint density at radius 3 is 2.46 bits per heavy atom. The minimum absolute atomic E-state index is 0.137. The zero-order chi connectivity index (χ0) is 18.7. The number of amides is 1. The lowest BCUT2D eigenvalue weighted by molar-refractivity contribution is -0.136. The number of carbonyl (C=O) groups excluding carboxylic acids is 1. The molecule has 0 aliphatic heterocycles. The summed E-state index contributed by atoms with van der Waals surface area (Å²) >= 11 is 1.19. The molecule has 2 N–H and O–H groups in total. The number of nitrogens with one attached hydrogen (secondary N) is 1. The number of hydrogen-bond donors (Lipinski definition) is 2. The fourth-order valence-electron chi connectivity index (χ4n) is 2.54. The van der Waals surface area contributed by atoms with Crippen molar-refractivity contribution in [2.45, 2.75) is 20.3 Å². The van der Waals surface area contributed by atoms with Gasteiger partial charge in [-0.15, -0.1) is 11.3 Å². The fourth-order valence-corrected chi connectivity index (χ4v) is 3.51. The van der Waals surface area contributed by atoms with Gasteiger partial charge in [-0.25, -0.2) is 4.98 Å². The van der Waals surface area contributed by atoms with E-state index >= 15 is 0 Å². The number of hydrogen-bond acceptors (Lipinski definition) is 4. The monoisotopic (exact) mass is 366 g/mol. The van der Waals surface area contributed by atoms with Gasteiger partial charge in [-0.1, -0.05) is 36.4 Å². The Kier molecular flexibility index (Phi) is 5.14. The first-order chi connectivity index (χ1) is 12.4. The van der Waals surface area contributed by atoms with Gasteiger partial charge in [0.1, 0.15) is 0 Å². The van der Waals surface area contributed by atoms with Gasteiger partial charge in [-0.3, -0.25) is 14.9 Å². The highest BCUT2D eigenvalue weighted by Gasteiger charge is 2.17. The highest BCUT2D eigenvalue weighted by Crippen LogP contribution is 2.32. The van der Waals surface area contributed by atoms with Crippen molar-refractivity contribution >= 4 is 28.3 Å². The molecule has 0 bridgehead atoms. The maximum Gasteiger partial charge on any atom is 0.308 e. The first-order valence-corrected chi connectivity index (χ1v) is 8.91. The summed E-state index contributed by atoms with van der Waals surface area (Å²) in [6.45, 7) is 3.94. The molecule has 3 aromatic rings. The van der Waals surface area contributed by atoms with E-state index in [1.54, 1.807) is 6.07 Å². The molecule has 5 nitrogen and oxygen atoms in total. The number of carbonyl (C=O) groups is 2. The molecule has 2 aromatic carbocycles. The van der Waals surface area contributed by atoms with Crippen molar-refractivity contribution < 1.29 is 14.7 Å². The standard InChI is InChI=1S/C20H18N2O3S/c1-12-8-9-15(10-13(12)2)19(25)22-20-21-18(14-6-4-3-5-7-14)16(26-20)11-17(23)24/h3-10H,11H2,1-2H3,(H,23,24)(H,21,22,25). The lowest BCUT2D eigenvalue weighted by Gasteiger charge is -2.05. The highest BCUT2D eigenvalue weighted by molar-refractivity contribution is 7.16. The van der Waals surface area contributed by atoms with E-state index in [4.69, 9.17) is 5.11 Å². The normalized spacial score (nSPS) is 10.5. The number of nitrogens with zero attached hydrogens (tertiary/aromatic N) is 1. The molecule has 0 atom stereocenters. The Morgan fingerprint density at radius 1 is 1.08 bits per heavy atom. The average Bonchev–Trinajstić information content (AvgIpc) is 2.99. The van der Waals surface area contributed by atoms with Crippen LogP contribution in [0.25, 0.3) is 11.3 Å². The molecule has 0 saturated carbocycles. The van der Waals surface area contributed by atoms with Crippen molar-refractivity contribution in [1.29, 1.82) is 0 Å². The van der Waals surface area contributed by atoms with Crippen molar-refractivity contribution in [3.05, 3.63) is 70.1 Å². The van der Waals surface area contributed by atoms with Crippen LogP contribution in [0.2, 0.25) is 0 Å². The number of aryl methyl sites for hydroxylation is 2. The molecule has 0 radical (unpaired) electrons. The second-order valence-corrected chi connectivity index (χ2v) is 7.06. The van der Waals surface area contributed by atoms with Gasteiger partial charge < -0.3 is 5.11 Å². The Bertz CT molecular complexity index is 964. The van der Waals surface area contributed by atoms with E-state index in [-0.39, 0.29) is 12.3 Å². The number of rotatable bonds is 5. The van der Waals surface area contributed by atoms with Crippen molar-refractivity contribution in [3.63, 3.8) is 0 Å². The minimum Gasteiger partial charge on any atom is -0.481 e. The molecule has 0 fully saturated rings. The van der Waals surface area contributed by atoms with Gasteiger partial charge in [-0.05, 0) is 37.1 Å². The summed E-state index contributed by atoms with van der Waals surface area (Å²) in [6, 6.07) is 14.9. The Morgan fingerprint density at radius 2 is 1.81 bits per heavy atom. The van der Waals surface area contributed by atoms with Crippen molar-refractivity contribution in [2.24, 2.45) is 0 Å². The molecular weight excluding hydrogens is 348 g/mol. The van der Waals surface area contributed by atoms with E-state index in [2.05, 4.69) is 10.3 Å². The topological polar surface area (TPSA) is 79.3 Å². The molecule has 0 spiro atoms. The van der Waals surface area contributed by atoms with Gasteiger partial charge in [0, 0.05) is 16.0 Å². The van der Waals surface area contributed by atoms with Crippen molar-refractivity contribution in [3.8, 4) is 11.3 Å². The molecule has 0 aliphatic rings. The first kappa shape index (κ1) is 17.8. The molecule has 1 aromatic heterocycles. The van der Waals surface area contributed by atoms with Crippen LogP contribution >= 0.6 is 11.3 Å². The molecule has 132 valence electrons. The van der Waals surface area contributed by atoms with Crippen LogP contribution in [-0.4, -0.2) is 22.0 Å². The molecule has 1 amide bonds. The van der Waals surface area contributed by atoms with Crippen LogP contribution in [-0.2, 0) is 11.2 Å². The van der Waals surface area contributed by atoms with E-state index in [1.807, 2.05) is 56.3 Å². The Hall–Kier alpha value is -2.99. The van der Waals surface area contributed by atoms with Crippen LogP contribution < -0.4 is 5.32 Å². The number of carboxylic acids is 1. The van der Waals surface area contributed by atoms with E-state index in [0.29, 0.717) is 21.3 Å². The molecule has 0 aliphatic carbocycles. The van der Waals surface area contributed by atoms with Gasteiger partial charge in [0.05, 0.1) is 12.1 Å². The SMILES string of the molecule is Cc1ccc(C(=O)Nc2nc(-c3ccccc3)c(CC(=O)O)s2)cc1C. The molecule has 26 heavy (non-hydrogen) atoms. The van der Waals surface area contributed by atoms with E-state index < -0.39 is 5.97 Å². The van der Waals surface area contributed by atoms with Crippen molar-refractivity contribution in [2.75, 3.05) is 5.32 Å². The molecule has 3 rings (SSSR count). The van der Waals surface area contributed by atoms with Gasteiger partial charge in [-0.2, -0.15) is 0 Å². The Labute approximate surface area is 155 Å². The number of aliphatic carboxylic acids is 1. The highest BCUT2D eigenvalue weighted by atomic mass is 32.1.